The monoisotopic (exact) mass is 245 g/mol. The van der Waals surface area contributed by atoms with Crippen LogP contribution in [0.4, 0.5) is 0 Å². The highest BCUT2D eigenvalue weighted by molar-refractivity contribution is 7.88. The molecule has 0 radical (unpaired) electrons. The standard InChI is InChI=1S/C11H19NO3S/c1-4-11(2)6-5-9-10(15-9)12(8-7-11)16(3,13)14/h5-6,9-10H,4,7-8H2,1-3H3. The lowest BCUT2D eigenvalue weighted by Crippen LogP contribution is -2.37. The molecule has 0 aromatic heterocycles. The van der Waals surface area contributed by atoms with Gasteiger partial charge in [-0.05, 0) is 18.3 Å². The van der Waals surface area contributed by atoms with Gasteiger partial charge in [-0.15, -0.1) is 0 Å². The van der Waals surface area contributed by atoms with Crippen LogP contribution in [0.1, 0.15) is 26.7 Å². The summed E-state index contributed by atoms with van der Waals surface area (Å²) >= 11 is 0. The van der Waals surface area contributed by atoms with Crippen molar-refractivity contribution in [2.24, 2.45) is 5.41 Å². The van der Waals surface area contributed by atoms with Crippen LogP contribution < -0.4 is 0 Å². The molecular formula is C11H19NO3S. The molecule has 0 spiro atoms. The van der Waals surface area contributed by atoms with Crippen molar-refractivity contribution in [2.45, 2.75) is 39.0 Å². The lowest BCUT2D eigenvalue weighted by atomic mass is 9.83. The molecule has 3 atom stereocenters. The van der Waals surface area contributed by atoms with Crippen LogP contribution in [0, 0.1) is 5.41 Å². The van der Waals surface area contributed by atoms with Gasteiger partial charge in [0, 0.05) is 6.54 Å². The van der Waals surface area contributed by atoms with E-state index < -0.39 is 10.0 Å². The van der Waals surface area contributed by atoms with Crippen molar-refractivity contribution < 1.29 is 13.2 Å². The predicted molar refractivity (Wildman–Crippen MR) is 62.4 cm³/mol. The molecule has 92 valence electrons. The summed E-state index contributed by atoms with van der Waals surface area (Å²) in [6, 6.07) is 0. The van der Waals surface area contributed by atoms with E-state index >= 15 is 0 Å². The Morgan fingerprint density at radius 2 is 2.25 bits per heavy atom. The van der Waals surface area contributed by atoms with Crippen LogP contribution in [0.3, 0.4) is 0 Å². The molecule has 2 aliphatic heterocycles. The summed E-state index contributed by atoms with van der Waals surface area (Å²) in [6.07, 6.45) is 7.00. The molecule has 4 nitrogen and oxygen atoms in total. The van der Waals surface area contributed by atoms with Gasteiger partial charge >= 0.3 is 0 Å². The Labute approximate surface area is 97.3 Å². The fourth-order valence-electron chi connectivity index (χ4n) is 2.04. The average molecular weight is 245 g/mol. The third-order valence-corrected chi connectivity index (χ3v) is 4.85. The molecule has 0 saturated carbocycles. The number of rotatable bonds is 2. The van der Waals surface area contributed by atoms with Gasteiger partial charge in [0.2, 0.25) is 10.0 Å². The number of hydrogen-bond acceptors (Lipinski definition) is 3. The maximum Gasteiger partial charge on any atom is 0.213 e. The van der Waals surface area contributed by atoms with E-state index in [0.29, 0.717) is 6.54 Å². The molecule has 2 rings (SSSR count). The number of nitrogens with zero attached hydrogens (tertiary/aromatic N) is 1. The topological polar surface area (TPSA) is 49.9 Å². The van der Waals surface area contributed by atoms with Crippen molar-refractivity contribution in [2.75, 3.05) is 12.8 Å². The summed E-state index contributed by atoms with van der Waals surface area (Å²) in [5.41, 5.74) is 0.0832. The first-order chi connectivity index (χ1) is 7.36. The van der Waals surface area contributed by atoms with Gasteiger partial charge in [-0.3, -0.25) is 0 Å². The Kier molecular flexibility index (Phi) is 2.88. The molecular weight excluding hydrogens is 226 g/mol. The summed E-state index contributed by atoms with van der Waals surface area (Å²) in [7, 11) is -3.16. The summed E-state index contributed by atoms with van der Waals surface area (Å²) in [4.78, 5) is 0. The summed E-state index contributed by atoms with van der Waals surface area (Å²) in [5, 5.41) is 0. The van der Waals surface area contributed by atoms with E-state index in [2.05, 4.69) is 19.9 Å². The average Bonchev–Trinajstić information content (AvgIpc) is 2.89. The van der Waals surface area contributed by atoms with Gasteiger partial charge in [-0.1, -0.05) is 26.0 Å². The molecule has 0 bridgehead atoms. The van der Waals surface area contributed by atoms with Crippen LogP contribution in [0.15, 0.2) is 12.2 Å². The summed E-state index contributed by atoms with van der Waals surface area (Å²) < 4.78 is 30.1. The molecule has 1 saturated heterocycles. The van der Waals surface area contributed by atoms with E-state index in [-0.39, 0.29) is 17.7 Å². The van der Waals surface area contributed by atoms with Crippen molar-refractivity contribution in [3.8, 4) is 0 Å². The van der Waals surface area contributed by atoms with Crippen molar-refractivity contribution in [3.63, 3.8) is 0 Å². The second-order valence-electron chi connectivity index (χ2n) is 4.98. The number of allylic oxidation sites excluding steroid dienone is 1. The first-order valence-corrected chi connectivity index (χ1v) is 7.52. The SMILES string of the molecule is CCC1(C)C=CC2OC2N(S(C)(=O)=O)CC1. The zero-order valence-electron chi connectivity index (χ0n) is 10.0. The highest BCUT2D eigenvalue weighted by Crippen LogP contribution is 2.37. The number of sulfonamides is 1. The minimum atomic E-state index is -3.16. The van der Waals surface area contributed by atoms with E-state index in [1.54, 1.807) is 0 Å². The van der Waals surface area contributed by atoms with Crippen LogP contribution in [-0.4, -0.2) is 37.9 Å². The second kappa shape index (κ2) is 3.82. The third kappa shape index (κ3) is 2.31. The van der Waals surface area contributed by atoms with Gasteiger partial charge in [0.15, 0.2) is 6.23 Å². The lowest BCUT2D eigenvalue weighted by molar-refractivity contribution is 0.242. The highest BCUT2D eigenvalue weighted by atomic mass is 32.2. The molecule has 3 unspecified atom stereocenters. The van der Waals surface area contributed by atoms with Crippen molar-refractivity contribution in [3.05, 3.63) is 12.2 Å². The van der Waals surface area contributed by atoms with Crippen LogP contribution in [-0.2, 0) is 14.8 Å². The largest absolute Gasteiger partial charge is 0.348 e. The first-order valence-electron chi connectivity index (χ1n) is 5.67. The molecule has 0 N–H and O–H groups in total. The van der Waals surface area contributed by atoms with Gasteiger partial charge < -0.3 is 4.74 Å². The van der Waals surface area contributed by atoms with Gasteiger partial charge in [-0.25, -0.2) is 8.42 Å². The van der Waals surface area contributed by atoms with Crippen LogP contribution in [0.25, 0.3) is 0 Å². The molecule has 0 amide bonds. The van der Waals surface area contributed by atoms with Gasteiger partial charge in [0.05, 0.1) is 6.26 Å². The Balaban J connectivity index is 2.22. The zero-order valence-corrected chi connectivity index (χ0v) is 10.8. The molecule has 2 aliphatic rings. The quantitative estimate of drug-likeness (QED) is 0.545. The molecule has 0 aromatic carbocycles. The number of hydrogen-bond donors (Lipinski definition) is 0. The lowest BCUT2D eigenvalue weighted by Gasteiger charge is -2.29. The van der Waals surface area contributed by atoms with Gasteiger partial charge in [0.25, 0.3) is 0 Å². The predicted octanol–water partition coefficient (Wildman–Crippen LogP) is 1.35. The Morgan fingerprint density at radius 3 is 2.81 bits per heavy atom. The Hall–Kier alpha value is -0.390. The smallest absolute Gasteiger partial charge is 0.213 e. The molecule has 0 aliphatic carbocycles. The Morgan fingerprint density at radius 1 is 1.56 bits per heavy atom. The fourth-order valence-corrected chi connectivity index (χ4v) is 3.01. The van der Waals surface area contributed by atoms with E-state index in [4.69, 9.17) is 4.74 Å². The molecule has 16 heavy (non-hydrogen) atoms. The third-order valence-electron chi connectivity index (χ3n) is 3.61. The van der Waals surface area contributed by atoms with Crippen LogP contribution in [0.5, 0.6) is 0 Å². The van der Waals surface area contributed by atoms with E-state index in [1.807, 2.05) is 6.08 Å². The molecule has 5 heteroatoms. The summed E-state index contributed by atoms with van der Waals surface area (Å²) in [5.74, 6) is 0. The van der Waals surface area contributed by atoms with Gasteiger partial charge in [0.1, 0.15) is 6.10 Å². The number of ether oxygens (including phenoxy) is 1. The maximum absolute atomic E-state index is 11.6. The van der Waals surface area contributed by atoms with E-state index in [0.717, 1.165) is 12.8 Å². The van der Waals surface area contributed by atoms with Crippen LogP contribution in [0.2, 0.25) is 0 Å². The van der Waals surface area contributed by atoms with Crippen molar-refractivity contribution in [1.82, 2.24) is 4.31 Å². The first kappa shape index (κ1) is 12.1. The maximum atomic E-state index is 11.6. The summed E-state index contributed by atoms with van der Waals surface area (Å²) in [6.45, 7) is 4.84. The van der Waals surface area contributed by atoms with Gasteiger partial charge in [-0.2, -0.15) is 4.31 Å². The Bertz CT molecular complexity index is 403. The van der Waals surface area contributed by atoms with Crippen molar-refractivity contribution in [1.29, 1.82) is 0 Å². The molecule has 2 heterocycles. The van der Waals surface area contributed by atoms with E-state index in [9.17, 15) is 8.42 Å². The minimum absolute atomic E-state index is 0.0408. The number of fused-ring (bicyclic) bond motifs is 1. The van der Waals surface area contributed by atoms with Crippen LogP contribution >= 0.6 is 0 Å². The second-order valence-corrected chi connectivity index (χ2v) is 6.92. The highest BCUT2D eigenvalue weighted by Gasteiger charge is 2.47. The van der Waals surface area contributed by atoms with Crippen molar-refractivity contribution >= 4 is 10.0 Å². The number of epoxide rings is 1. The molecule has 1 fully saturated rings. The minimum Gasteiger partial charge on any atom is -0.348 e. The fraction of sp³-hybridized carbons (Fsp3) is 0.818. The molecule has 0 aromatic rings. The van der Waals surface area contributed by atoms with E-state index in [1.165, 1.54) is 10.6 Å². The normalized spacial score (nSPS) is 39.9. The zero-order chi connectivity index (χ0) is 12.0.